The molecule has 164 valence electrons. The first kappa shape index (κ1) is 25.3. The molecule has 7 nitrogen and oxygen atoms in total. The molecule has 0 aliphatic carbocycles. The summed E-state index contributed by atoms with van der Waals surface area (Å²) in [6.07, 6.45) is 1.48. The van der Waals surface area contributed by atoms with E-state index in [2.05, 4.69) is 48.5 Å². The number of amides is 1. The Hall–Kier alpha value is -1.71. The normalized spacial score (nSPS) is 15.3. The zero-order chi connectivity index (χ0) is 20.6. The van der Waals surface area contributed by atoms with Crippen molar-refractivity contribution in [2.45, 2.75) is 45.1 Å². The van der Waals surface area contributed by atoms with Gasteiger partial charge in [-0.2, -0.15) is 0 Å². The standard InChI is InChI=1S/C21H34N4O3.HI/c1-21(2,3)16-7-6-8-18(15-16)28-14-11-23-19(22-4)24-17-9-12-25(13-10-17)20(26)27-5;/h6-8,15,17H,9-14H2,1-5H3,(H2,22,23,24);1H. The number of carbonyl (C=O) groups is 1. The van der Waals surface area contributed by atoms with Crippen molar-refractivity contribution < 1.29 is 14.3 Å². The predicted octanol–water partition coefficient (Wildman–Crippen LogP) is 3.38. The molecule has 0 aromatic heterocycles. The third-order valence-corrected chi connectivity index (χ3v) is 4.86. The van der Waals surface area contributed by atoms with Gasteiger partial charge in [0.1, 0.15) is 12.4 Å². The molecule has 1 aliphatic heterocycles. The van der Waals surface area contributed by atoms with Crippen LogP contribution in [0.15, 0.2) is 29.3 Å². The Kier molecular flexibility index (Phi) is 10.6. The number of benzene rings is 1. The van der Waals surface area contributed by atoms with Crippen LogP contribution >= 0.6 is 24.0 Å². The molecular weight excluding hydrogens is 483 g/mol. The molecule has 0 spiro atoms. The van der Waals surface area contributed by atoms with Crippen molar-refractivity contribution in [2.75, 3.05) is 40.4 Å². The van der Waals surface area contributed by atoms with Crippen LogP contribution in [0, 0.1) is 0 Å². The van der Waals surface area contributed by atoms with Gasteiger partial charge in [0.15, 0.2) is 5.96 Å². The lowest BCUT2D eigenvalue weighted by Crippen LogP contribution is -2.50. The molecular formula is C21H35IN4O3. The first-order valence-corrected chi connectivity index (χ1v) is 9.87. The van der Waals surface area contributed by atoms with Crippen LogP contribution in [0.5, 0.6) is 5.75 Å². The van der Waals surface area contributed by atoms with Gasteiger partial charge in [-0.15, -0.1) is 24.0 Å². The van der Waals surface area contributed by atoms with Crippen molar-refractivity contribution in [2.24, 2.45) is 4.99 Å². The first-order chi connectivity index (χ1) is 13.3. The number of guanidine groups is 1. The number of aliphatic imine (C=N–C) groups is 1. The van der Waals surface area contributed by atoms with Crippen molar-refractivity contribution in [3.05, 3.63) is 29.8 Å². The summed E-state index contributed by atoms with van der Waals surface area (Å²) in [7, 11) is 3.17. The zero-order valence-electron chi connectivity index (χ0n) is 18.2. The highest BCUT2D eigenvalue weighted by atomic mass is 127. The van der Waals surface area contributed by atoms with Crippen LogP contribution in [0.3, 0.4) is 0 Å². The van der Waals surface area contributed by atoms with Gasteiger partial charge in [-0.3, -0.25) is 4.99 Å². The van der Waals surface area contributed by atoms with Crippen LogP contribution in [-0.4, -0.2) is 63.4 Å². The van der Waals surface area contributed by atoms with E-state index in [1.54, 1.807) is 11.9 Å². The lowest BCUT2D eigenvalue weighted by molar-refractivity contribution is 0.111. The lowest BCUT2D eigenvalue weighted by atomic mass is 9.87. The van der Waals surface area contributed by atoms with Gasteiger partial charge in [-0.25, -0.2) is 4.79 Å². The molecule has 2 N–H and O–H groups in total. The highest BCUT2D eigenvalue weighted by molar-refractivity contribution is 14.0. The number of hydrogen-bond donors (Lipinski definition) is 2. The summed E-state index contributed by atoms with van der Waals surface area (Å²) < 4.78 is 10.6. The minimum atomic E-state index is -0.256. The Labute approximate surface area is 191 Å². The number of likely N-dealkylation sites (tertiary alicyclic amines) is 1. The molecule has 2 rings (SSSR count). The van der Waals surface area contributed by atoms with Gasteiger partial charge < -0.3 is 25.0 Å². The molecule has 1 saturated heterocycles. The van der Waals surface area contributed by atoms with Crippen LogP contribution in [-0.2, 0) is 10.2 Å². The summed E-state index contributed by atoms with van der Waals surface area (Å²) >= 11 is 0. The van der Waals surface area contributed by atoms with Gasteiger partial charge in [0.25, 0.3) is 0 Å². The largest absolute Gasteiger partial charge is 0.492 e. The highest BCUT2D eigenvalue weighted by Crippen LogP contribution is 2.25. The molecule has 1 aromatic carbocycles. The van der Waals surface area contributed by atoms with Crippen LogP contribution in [0.25, 0.3) is 0 Å². The van der Waals surface area contributed by atoms with E-state index in [1.165, 1.54) is 12.7 Å². The third-order valence-electron chi connectivity index (χ3n) is 4.86. The van der Waals surface area contributed by atoms with Crippen LogP contribution < -0.4 is 15.4 Å². The molecule has 0 unspecified atom stereocenters. The molecule has 0 atom stereocenters. The van der Waals surface area contributed by atoms with Gasteiger partial charge in [0.2, 0.25) is 0 Å². The molecule has 0 bridgehead atoms. The number of ether oxygens (including phenoxy) is 2. The van der Waals surface area contributed by atoms with E-state index in [9.17, 15) is 4.79 Å². The maximum atomic E-state index is 11.6. The average molecular weight is 518 g/mol. The van der Waals surface area contributed by atoms with Crippen molar-refractivity contribution in [3.63, 3.8) is 0 Å². The number of piperidine rings is 1. The molecule has 1 heterocycles. The van der Waals surface area contributed by atoms with E-state index in [1.807, 2.05) is 12.1 Å². The fourth-order valence-corrected chi connectivity index (χ4v) is 3.11. The second-order valence-electron chi connectivity index (χ2n) is 8.00. The van der Waals surface area contributed by atoms with Crippen molar-refractivity contribution in [1.82, 2.24) is 15.5 Å². The van der Waals surface area contributed by atoms with Gasteiger partial charge in [-0.05, 0) is 36.0 Å². The molecule has 0 radical (unpaired) electrons. The Bertz CT molecular complexity index is 668. The Morgan fingerprint density at radius 2 is 1.97 bits per heavy atom. The molecule has 1 aliphatic rings. The van der Waals surface area contributed by atoms with Crippen molar-refractivity contribution >= 4 is 36.0 Å². The fourth-order valence-electron chi connectivity index (χ4n) is 3.11. The van der Waals surface area contributed by atoms with Gasteiger partial charge in [0.05, 0.1) is 13.7 Å². The van der Waals surface area contributed by atoms with Crippen LogP contribution in [0.2, 0.25) is 0 Å². The zero-order valence-corrected chi connectivity index (χ0v) is 20.5. The number of methoxy groups -OCH3 is 1. The lowest BCUT2D eigenvalue weighted by Gasteiger charge is -2.32. The van der Waals surface area contributed by atoms with Crippen LogP contribution in [0.1, 0.15) is 39.2 Å². The second kappa shape index (κ2) is 12.1. The third kappa shape index (κ3) is 8.28. The summed E-state index contributed by atoms with van der Waals surface area (Å²) in [5, 5.41) is 6.70. The van der Waals surface area contributed by atoms with Crippen molar-refractivity contribution in [1.29, 1.82) is 0 Å². The minimum absolute atomic E-state index is 0. The molecule has 8 heteroatoms. The summed E-state index contributed by atoms with van der Waals surface area (Å²) in [6.45, 7) is 9.16. The Morgan fingerprint density at radius 1 is 1.28 bits per heavy atom. The van der Waals surface area contributed by atoms with E-state index in [4.69, 9.17) is 9.47 Å². The quantitative estimate of drug-likeness (QED) is 0.271. The van der Waals surface area contributed by atoms with Gasteiger partial charge in [0, 0.05) is 26.2 Å². The van der Waals surface area contributed by atoms with E-state index < -0.39 is 0 Å². The Balaban J connectivity index is 0.00000420. The number of nitrogens with zero attached hydrogens (tertiary/aromatic N) is 2. The maximum absolute atomic E-state index is 11.6. The minimum Gasteiger partial charge on any atom is -0.492 e. The monoisotopic (exact) mass is 518 g/mol. The van der Waals surface area contributed by atoms with Crippen molar-refractivity contribution in [3.8, 4) is 5.75 Å². The molecule has 1 aromatic rings. The number of halogens is 1. The molecule has 1 fully saturated rings. The van der Waals surface area contributed by atoms with Crippen LogP contribution in [0.4, 0.5) is 4.79 Å². The average Bonchev–Trinajstić information content (AvgIpc) is 2.69. The van der Waals surface area contributed by atoms with E-state index in [0.717, 1.165) is 24.6 Å². The molecule has 29 heavy (non-hydrogen) atoms. The number of hydrogen-bond acceptors (Lipinski definition) is 4. The number of carbonyl (C=O) groups excluding carboxylic acids is 1. The fraction of sp³-hybridized carbons (Fsp3) is 0.619. The first-order valence-electron chi connectivity index (χ1n) is 9.87. The van der Waals surface area contributed by atoms with E-state index in [-0.39, 0.29) is 41.5 Å². The Morgan fingerprint density at radius 3 is 2.55 bits per heavy atom. The summed E-state index contributed by atoms with van der Waals surface area (Å²) in [5.41, 5.74) is 1.36. The summed E-state index contributed by atoms with van der Waals surface area (Å²) in [6, 6.07) is 8.53. The smallest absolute Gasteiger partial charge is 0.409 e. The number of nitrogens with one attached hydrogen (secondary N) is 2. The van der Waals surface area contributed by atoms with Gasteiger partial charge in [-0.1, -0.05) is 32.9 Å². The summed E-state index contributed by atoms with van der Waals surface area (Å²) in [4.78, 5) is 17.6. The van der Waals surface area contributed by atoms with Gasteiger partial charge >= 0.3 is 6.09 Å². The van der Waals surface area contributed by atoms with E-state index in [0.29, 0.717) is 26.2 Å². The second-order valence-corrected chi connectivity index (χ2v) is 8.00. The summed E-state index contributed by atoms with van der Waals surface area (Å²) in [5.74, 6) is 1.64. The molecule has 1 amide bonds. The maximum Gasteiger partial charge on any atom is 0.409 e. The molecule has 0 saturated carbocycles. The highest BCUT2D eigenvalue weighted by Gasteiger charge is 2.23. The predicted molar refractivity (Wildman–Crippen MR) is 128 cm³/mol. The topological polar surface area (TPSA) is 75.2 Å². The number of rotatable bonds is 5. The van der Waals surface area contributed by atoms with E-state index >= 15 is 0 Å². The SMILES string of the molecule is CN=C(NCCOc1cccc(C(C)(C)C)c1)NC1CCN(C(=O)OC)CC1.I.